The van der Waals surface area contributed by atoms with E-state index in [4.69, 9.17) is 23.2 Å². The summed E-state index contributed by atoms with van der Waals surface area (Å²) in [6, 6.07) is 11.2. The van der Waals surface area contributed by atoms with Crippen LogP contribution in [0.2, 0.25) is 10.0 Å². The molecule has 0 unspecified atom stereocenters. The fourth-order valence-electron chi connectivity index (χ4n) is 2.91. The van der Waals surface area contributed by atoms with Gasteiger partial charge in [0.05, 0.1) is 16.5 Å². The van der Waals surface area contributed by atoms with E-state index < -0.39 is 0 Å². The predicted octanol–water partition coefficient (Wildman–Crippen LogP) is 5.79. The van der Waals surface area contributed by atoms with Crippen LogP contribution in [-0.2, 0) is 11.3 Å². The molecule has 0 spiro atoms. The van der Waals surface area contributed by atoms with Gasteiger partial charge >= 0.3 is 0 Å². The smallest absolute Gasteiger partial charge is 0.234 e. The van der Waals surface area contributed by atoms with Gasteiger partial charge in [-0.15, -0.1) is 16.8 Å². The van der Waals surface area contributed by atoms with Crippen molar-refractivity contribution in [3.05, 3.63) is 70.2 Å². The lowest BCUT2D eigenvalue weighted by Gasteiger charge is -2.12. The molecule has 3 aromatic rings. The van der Waals surface area contributed by atoms with E-state index in [1.165, 1.54) is 11.8 Å². The molecule has 0 radical (unpaired) electrons. The van der Waals surface area contributed by atoms with Crippen LogP contribution in [-0.4, -0.2) is 26.4 Å². The molecule has 1 heterocycles. The average molecular weight is 447 g/mol. The number of carbonyl (C=O) groups excluding carboxylic acids is 1. The molecule has 1 amide bonds. The van der Waals surface area contributed by atoms with Crippen LogP contribution in [0.25, 0.3) is 11.4 Å². The second kappa shape index (κ2) is 9.48. The second-order valence-corrected chi connectivity index (χ2v) is 8.28. The summed E-state index contributed by atoms with van der Waals surface area (Å²) >= 11 is 13.7. The van der Waals surface area contributed by atoms with Gasteiger partial charge in [-0.1, -0.05) is 59.2 Å². The summed E-state index contributed by atoms with van der Waals surface area (Å²) in [5, 5.41) is 13.2. The first kappa shape index (κ1) is 21.4. The maximum atomic E-state index is 12.5. The number of nitrogens with one attached hydrogen (secondary N) is 1. The SMILES string of the molecule is C=CCn1c(SCC(=O)Nc2c(C)cc(C)cc2Cl)nnc1-c1cccc(Cl)c1. The minimum absolute atomic E-state index is 0.165. The number of thioether (sulfide) groups is 1. The molecule has 0 atom stereocenters. The highest BCUT2D eigenvalue weighted by atomic mass is 35.5. The highest BCUT2D eigenvalue weighted by Crippen LogP contribution is 2.29. The van der Waals surface area contributed by atoms with Crippen molar-refractivity contribution in [2.75, 3.05) is 11.1 Å². The number of hydrogen-bond acceptors (Lipinski definition) is 4. The van der Waals surface area contributed by atoms with Gasteiger partial charge in [-0.3, -0.25) is 9.36 Å². The number of allylic oxidation sites excluding steroid dienone is 1. The number of hydrogen-bond donors (Lipinski definition) is 1. The Morgan fingerprint density at radius 1 is 1.24 bits per heavy atom. The quantitative estimate of drug-likeness (QED) is 0.368. The van der Waals surface area contributed by atoms with Gasteiger partial charge in [-0.25, -0.2) is 0 Å². The molecule has 2 aromatic carbocycles. The Kier molecular flexibility index (Phi) is 7.00. The third-order valence-corrected chi connectivity index (χ3v) is 5.64. The molecular formula is C21H20Cl2N4OS. The van der Waals surface area contributed by atoms with Crippen molar-refractivity contribution in [3.63, 3.8) is 0 Å². The lowest BCUT2D eigenvalue weighted by Crippen LogP contribution is -2.16. The topological polar surface area (TPSA) is 59.8 Å². The van der Waals surface area contributed by atoms with E-state index in [2.05, 4.69) is 22.1 Å². The fraction of sp³-hybridized carbons (Fsp3) is 0.190. The zero-order chi connectivity index (χ0) is 21.0. The third-order valence-electron chi connectivity index (χ3n) is 4.14. The third kappa shape index (κ3) is 5.21. The molecule has 0 aliphatic rings. The molecule has 1 N–H and O–H groups in total. The van der Waals surface area contributed by atoms with E-state index in [1.54, 1.807) is 12.1 Å². The summed E-state index contributed by atoms with van der Waals surface area (Å²) < 4.78 is 1.90. The Morgan fingerprint density at radius 2 is 2.03 bits per heavy atom. The van der Waals surface area contributed by atoms with Crippen molar-refractivity contribution in [1.29, 1.82) is 0 Å². The van der Waals surface area contributed by atoms with E-state index >= 15 is 0 Å². The molecule has 0 fully saturated rings. The zero-order valence-corrected chi connectivity index (χ0v) is 18.4. The van der Waals surface area contributed by atoms with Crippen molar-refractivity contribution >= 4 is 46.6 Å². The maximum absolute atomic E-state index is 12.5. The molecule has 0 aliphatic carbocycles. The average Bonchev–Trinajstić information content (AvgIpc) is 3.06. The Morgan fingerprint density at radius 3 is 2.72 bits per heavy atom. The number of rotatable bonds is 7. The van der Waals surface area contributed by atoms with E-state index in [0.717, 1.165) is 16.7 Å². The summed E-state index contributed by atoms with van der Waals surface area (Å²) in [6.07, 6.45) is 1.76. The van der Waals surface area contributed by atoms with E-state index in [-0.39, 0.29) is 11.7 Å². The van der Waals surface area contributed by atoms with Crippen molar-refractivity contribution in [1.82, 2.24) is 14.8 Å². The molecular weight excluding hydrogens is 427 g/mol. The molecule has 0 saturated carbocycles. The van der Waals surface area contributed by atoms with Crippen LogP contribution in [0.15, 0.2) is 54.2 Å². The number of halogens is 2. The van der Waals surface area contributed by atoms with Crippen LogP contribution < -0.4 is 5.32 Å². The van der Waals surface area contributed by atoms with E-state index in [0.29, 0.717) is 33.3 Å². The Hall–Kier alpha value is -2.28. The highest BCUT2D eigenvalue weighted by molar-refractivity contribution is 7.99. The van der Waals surface area contributed by atoms with E-state index in [1.807, 2.05) is 48.7 Å². The minimum Gasteiger partial charge on any atom is -0.324 e. The second-order valence-electron chi connectivity index (χ2n) is 6.49. The van der Waals surface area contributed by atoms with Gasteiger partial charge < -0.3 is 5.32 Å². The fourth-order valence-corrected chi connectivity index (χ4v) is 4.22. The summed E-state index contributed by atoms with van der Waals surface area (Å²) in [4.78, 5) is 12.5. The van der Waals surface area contributed by atoms with Crippen molar-refractivity contribution in [3.8, 4) is 11.4 Å². The minimum atomic E-state index is -0.165. The first-order valence-corrected chi connectivity index (χ1v) is 10.6. The molecule has 0 bridgehead atoms. The standard InChI is InChI=1S/C21H20Cl2N4OS/c1-4-8-27-20(15-6-5-7-16(22)11-15)25-26-21(27)29-12-18(28)24-19-14(3)9-13(2)10-17(19)23/h4-7,9-11H,1,8,12H2,2-3H3,(H,24,28). The highest BCUT2D eigenvalue weighted by Gasteiger charge is 2.16. The van der Waals surface area contributed by atoms with Gasteiger partial charge in [-0.05, 0) is 43.2 Å². The van der Waals surface area contributed by atoms with Crippen molar-refractivity contribution < 1.29 is 4.79 Å². The largest absolute Gasteiger partial charge is 0.324 e. The molecule has 3 rings (SSSR count). The van der Waals surface area contributed by atoms with Gasteiger partial charge in [0.15, 0.2) is 11.0 Å². The lowest BCUT2D eigenvalue weighted by atomic mass is 10.1. The van der Waals surface area contributed by atoms with Crippen LogP contribution >= 0.6 is 35.0 Å². The van der Waals surface area contributed by atoms with Crippen LogP contribution in [0.5, 0.6) is 0 Å². The predicted molar refractivity (Wildman–Crippen MR) is 121 cm³/mol. The summed E-state index contributed by atoms with van der Waals surface area (Å²) in [5.41, 5.74) is 3.46. The van der Waals surface area contributed by atoms with Gasteiger partial charge in [0.25, 0.3) is 0 Å². The van der Waals surface area contributed by atoms with Gasteiger partial charge in [0, 0.05) is 17.1 Å². The summed E-state index contributed by atoms with van der Waals surface area (Å²) in [6.45, 7) is 8.20. The molecule has 29 heavy (non-hydrogen) atoms. The number of anilines is 1. The molecule has 0 aliphatic heterocycles. The van der Waals surface area contributed by atoms with Crippen LogP contribution in [0.4, 0.5) is 5.69 Å². The zero-order valence-electron chi connectivity index (χ0n) is 16.1. The Bertz CT molecular complexity index is 1040. The summed E-state index contributed by atoms with van der Waals surface area (Å²) in [5.74, 6) is 0.683. The monoisotopic (exact) mass is 446 g/mol. The van der Waals surface area contributed by atoms with Gasteiger partial charge in [0.1, 0.15) is 0 Å². The summed E-state index contributed by atoms with van der Waals surface area (Å²) in [7, 11) is 0. The van der Waals surface area contributed by atoms with Crippen molar-refractivity contribution in [2.24, 2.45) is 0 Å². The van der Waals surface area contributed by atoms with Gasteiger partial charge in [0.2, 0.25) is 5.91 Å². The molecule has 8 heteroatoms. The Labute approximate surface area is 184 Å². The number of amides is 1. The molecule has 1 aromatic heterocycles. The number of carbonyl (C=O) groups is 1. The van der Waals surface area contributed by atoms with Crippen LogP contribution in [0, 0.1) is 13.8 Å². The number of nitrogens with zero attached hydrogens (tertiary/aromatic N) is 3. The molecule has 0 saturated heterocycles. The Balaban J connectivity index is 1.75. The van der Waals surface area contributed by atoms with Gasteiger partial charge in [-0.2, -0.15) is 0 Å². The number of aromatic nitrogens is 3. The van der Waals surface area contributed by atoms with Crippen LogP contribution in [0.3, 0.4) is 0 Å². The lowest BCUT2D eigenvalue weighted by molar-refractivity contribution is -0.113. The van der Waals surface area contributed by atoms with Crippen LogP contribution in [0.1, 0.15) is 11.1 Å². The van der Waals surface area contributed by atoms with Crippen molar-refractivity contribution in [2.45, 2.75) is 25.5 Å². The number of aryl methyl sites for hydroxylation is 2. The van der Waals surface area contributed by atoms with E-state index in [9.17, 15) is 4.79 Å². The maximum Gasteiger partial charge on any atom is 0.234 e. The number of benzene rings is 2. The normalized spacial score (nSPS) is 10.8. The molecule has 150 valence electrons. The first-order chi connectivity index (χ1) is 13.9. The molecule has 5 nitrogen and oxygen atoms in total. The first-order valence-electron chi connectivity index (χ1n) is 8.88.